The van der Waals surface area contributed by atoms with E-state index in [-0.39, 0.29) is 12.4 Å². The lowest BCUT2D eigenvalue weighted by atomic mass is 10.2. The Kier molecular flexibility index (Phi) is 2.92. The van der Waals surface area contributed by atoms with Crippen LogP contribution in [0, 0.1) is 5.41 Å². The number of hydrogen-bond donors (Lipinski definition) is 1. The van der Waals surface area contributed by atoms with Gasteiger partial charge in [-0.3, -0.25) is 5.41 Å². The van der Waals surface area contributed by atoms with Crippen LogP contribution >= 0.6 is 24.0 Å². The number of para-hydroxylation sites is 1. The van der Waals surface area contributed by atoms with Crippen LogP contribution in [0.5, 0.6) is 0 Å². The van der Waals surface area contributed by atoms with Gasteiger partial charge in [0.1, 0.15) is 5.49 Å². The van der Waals surface area contributed by atoms with Crippen molar-refractivity contribution in [1.82, 2.24) is 9.38 Å². The zero-order valence-corrected chi connectivity index (χ0v) is 11.7. The molecule has 0 spiro atoms. The van der Waals surface area contributed by atoms with Gasteiger partial charge in [-0.25, -0.2) is 4.40 Å². The molecule has 0 bridgehead atoms. The van der Waals surface area contributed by atoms with Crippen molar-refractivity contribution >= 4 is 51.9 Å². The van der Waals surface area contributed by atoms with Crippen molar-refractivity contribution in [3.63, 3.8) is 0 Å². The van der Waals surface area contributed by atoms with E-state index in [1.54, 1.807) is 22.6 Å². The number of nitrogens with zero attached hydrogens (tertiary/aromatic N) is 2. The molecule has 0 radical (unpaired) electrons. The number of halogens is 2. The summed E-state index contributed by atoms with van der Waals surface area (Å²) in [6.07, 6.45) is 0. The number of benzene rings is 2. The van der Waals surface area contributed by atoms with Crippen LogP contribution in [0.1, 0.15) is 0 Å². The fourth-order valence-corrected chi connectivity index (χ4v) is 2.45. The van der Waals surface area contributed by atoms with Crippen molar-refractivity contribution < 1.29 is 4.42 Å². The zero-order chi connectivity index (χ0) is 13.0. The van der Waals surface area contributed by atoms with Gasteiger partial charge in [0.15, 0.2) is 5.58 Å². The van der Waals surface area contributed by atoms with E-state index < -0.39 is 0 Å². The van der Waals surface area contributed by atoms with Crippen LogP contribution in [0.2, 0.25) is 5.02 Å². The average Bonchev–Trinajstić information content (AvgIpc) is 2.76. The first kappa shape index (κ1) is 13.0. The van der Waals surface area contributed by atoms with E-state index in [9.17, 15) is 0 Å². The Morgan fingerprint density at radius 3 is 2.80 bits per heavy atom. The van der Waals surface area contributed by atoms with Gasteiger partial charge < -0.3 is 4.42 Å². The highest BCUT2D eigenvalue weighted by atomic mass is 35.5. The molecule has 2 aromatic heterocycles. The van der Waals surface area contributed by atoms with Crippen LogP contribution in [0.4, 0.5) is 0 Å². The summed E-state index contributed by atoms with van der Waals surface area (Å²) < 4.78 is 7.34. The first-order valence-electron chi connectivity index (χ1n) is 5.78. The minimum Gasteiger partial charge on any atom is -0.423 e. The summed E-state index contributed by atoms with van der Waals surface area (Å²) in [5.41, 5.74) is 2.52. The highest BCUT2D eigenvalue weighted by molar-refractivity contribution is 6.31. The van der Waals surface area contributed by atoms with Crippen molar-refractivity contribution in [3.05, 3.63) is 53.0 Å². The van der Waals surface area contributed by atoms with Gasteiger partial charge in [0.2, 0.25) is 0 Å². The molecule has 4 rings (SSSR count). The Balaban J connectivity index is 0.00000121. The van der Waals surface area contributed by atoms with Crippen molar-refractivity contribution in [1.29, 1.82) is 5.41 Å². The molecule has 0 saturated carbocycles. The van der Waals surface area contributed by atoms with E-state index >= 15 is 0 Å². The van der Waals surface area contributed by atoms with E-state index in [1.165, 1.54) is 0 Å². The summed E-state index contributed by atoms with van der Waals surface area (Å²) in [5, 5.41) is 9.71. The van der Waals surface area contributed by atoms with Crippen LogP contribution in [-0.4, -0.2) is 9.38 Å². The van der Waals surface area contributed by atoms with E-state index in [0.29, 0.717) is 21.9 Å². The molecule has 0 amide bonds. The largest absolute Gasteiger partial charge is 0.423 e. The molecule has 4 aromatic rings. The predicted octanol–water partition coefficient (Wildman–Crippen LogP) is 3.79. The maximum absolute atomic E-state index is 8.32. The molecule has 1 N–H and O–H groups in total. The summed E-state index contributed by atoms with van der Waals surface area (Å²) in [4.78, 5) is 4.44. The lowest BCUT2D eigenvalue weighted by molar-refractivity contribution is 0.635. The fourth-order valence-electron chi connectivity index (χ4n) is 2.28. The Labute approximate surface area is 124 Å². The maximum Gasteiger partial charge on any atom is 0.309 e. The molecule has 100 valence electrons. The lowest BCUT2D eigenvalue weighted by Crippen LogP contribution is -2.13. The van der Waals surface area contributed by atoms with E-state index in [4.69, 9.17) is 21.4 Å². The molecule has 4 nitrogen and oxygen atoms in total. The third-order valence-corrected chi connectivity index (χ3v) is 3.39. The number of nitrogens with one attached hydrogen (secondary N) is 1. The van der Waals surface area contributed by atoms with E-state index in [0.717, 1.165) is 16.4 Å². The quantitative estimate of drug-likeness (QED) is 0.537. The summed E-state index contributed by atoms with van der Waals surface area (Å²) in [6.45, 7) is 0. The Morgan fingerprint density at radius 1 is 1.15 bits per heavy atom. The molecule has 0 fully saturated rings. The van der Waals surface area contributed by atoms with Crippen molar-refractivity contribution in [2.45, 2.75) is 0 Å². The highest BCUT2D eigenvalue weighted by Gasteiger charge is 2.11. The number of oxazole rings is 1. The molecule has 20 heavy (non-hydrogen) atoms. The SMILES string of the molecule is Cl.N=c1c2ccccc2nc2oc3ccc(Cl)cc3n12. The second-order valence-electron chi connectivity index (χ2n) is 4.31. The van der Waals surface area contributed by atoms with Crippen molar-refractivity contribution in [3.8, 4) is 0 Å². The van der Waals surface area contributed by atoms with E-state index in [2.05, 4.69) is 4.98 Å². The third kappa shape index (κ3) is 1.69. The van der Waals surface area contributed by atoms with Gasteiger partial charge in [0.05, 0.1) is 11.0 Å². The van der Waals surface area contributed by atoms with Crippen LogP contribution in [0.25, 0.3) is 27.8 Å². The Hall–Kier alpha value is -2.04. The van der Waals surface area contributed by atoms with Crippen LogP contribution < -0.4 is 5.49 Å². The standard InChI is InChI=1S/C14H8ClN3O.ClH/c15-8-5-6-12-11(7-8)18-13(16)9-3-1-2-4-10(9)17-14(18)19-12;/h1-7,16H;1H. The van der Waals surface area contributed by atoms with Gasteiger partial charge in [0.25, 0.3) is 0 Å². The van der Waals surface area contributed by atoms with Gasteiger partial charge in [-0.1, -0.05) is 23.7 Å². The van der Waals surface area contributed by atoms with Crippen LogP contribution in [0.3, 0.4) is 0 Å². The number of rotatable bonds is 0. The van der Waals surface area contributed by atoms with Gasteiger partial charge in [-0.2, -0.15) is 4.98 Å². The molecular formula is C14H9Cl2N3O. The first-order valence-corrected chi connectivity index (χ1v) is 6.16. The van der Waals surface area contributed by atoms with Crippen molar-refractivity contribution in [2.75, 3.05) is 0 Å². The highest BCUT2D eigenvalue weighted by Crippen LogP contribution is 2.22. The summed E-state index contributed by atoms with van der Waals surface area (Å²) in [6, 6.07) is 12.9. The summed E-state index contributed by atoms with van der Waals surface area (Å²) in [7, 11) is 0. The molecule has 0 unspecified atom stereocenters. The molecule has 0 saturated heterocycles. The third-order valence-electron chi connectivity index (χ3n) is 3.15. The van der Waals surface area contributed by atoms with Crippen molar-refractivity contribution in [2.24, 2.45) is 0 Å². The monoisotopic (exact) mass is 305 g/mol. The molecule has 0 aliphatic carbocycles. The van der Waals surface area contributed by atoms with E-state index in [1.807, 2.05) is 24.3 Å². The second-order valence-corrected chi connectivity index (χ2v) is 4.75. The average molecular weight is 306 g/mol. The normalized spacial score (nSPS) is 11.1. The number of aromatic nitrogens is 2. The van der Waals surface area contributed by atoms with Gasteiger partial charge >= 0.3 is 5.84 Å². The lowest BCUT2D eigenvalue weighted by Gasteiger charge is -1.99. The second kappa shape index (κ2) is 4.51. The first-order chi connectivity index (χ1) is 9.24. The van der Waals surface area contributed by atoms with Crippen LogP contribution in [-0.2, 0) is 0 Å². The number of fused-ring (bicyclic) bond motifs is 4. The predicted molar refractivity (Wildman–Crippen MR) is 80.6 cm³/mol. The van der Waals surface area contributed by atoms with Gasteiger partial charge in [-0.15, -0.1) is 12.4 Å². The minimum absolute atomic E-state index is 0. The fraction of sp³-hybridized carbons (Fsp3) is 0. The summed E-state index contributed by atoms with van der Waals surface area (Å²) in [5.74, 6) is 0.404. The van der Waals surface area contributed by atoms with Gasteiger partial charge in [0, 0.05) is 10.4 Å². The summed E-state index contributed by atoms with van der Waals surface area (Å²) >= 11 is 6.01. The molecule has 0 aliphatic heterocycles. The van der Waals surface area contributed by atoms with Gasteiger partial charge in [-0.05, 0) is 30.3 Å². The minimum atomic E-state index is 0. The molecule has 0 aliphatic rings. The smallest absolute Gasteiger partial charge is 0.309 e. The van der Waals surface area contributed by atoms with Crippen LogP contribution in [0.15, 0.2) is 46.9 Å². The maximum atomic E-state index is 8.32. The number of hydrogen-bond acceptors (Lipinski definition) is 3. The molecule has 2 heterocycles. The topological polar surface area (TPSA) is 54.3 Å². The molecule has 0 atom stereocenters. The molecule has 2 aromatic carbocycles. The molecular weight excluding hydrogens is 297 g/mol. The Bertz CT molecular complexity index is 1000. The zero-order valence-electron chi connectivity index (χ0n) is 10.1. The Morgan fingerprint density at radius 2 is 1.95 bits per heavy atom. The molecule has 6 heteroatoms.